The SMILES string of the molecule is CCCCOCCNc1cc(OC)c(Cl)cc1OC. The summed E-state index contributed by atoms with van der Waals surface area (Å²) in [6.45, 7) is 4.32. The molecule has 1 rings (SSSR count). The van der Waals surface area contributed by atoms with E-state index < -0.39 is 0 Å². The van der Waals surface area contributed by atoms with Gasteiger partial charge in [0.05, 0.1) is 31.5 Å². The largest absolute Gasteiger partial charge is 0.495 e. The standard InChI is InChI=1S/C14H22ClNO3/c1-4-5-7-19-8-6-16-12-10-13(17-2)11(15)9-14(12)18-3/h9-10,16H,4-8H2,1-3H3. The summed E-state index contributed by atoms with van der Waals surface area (Å²) in [6, 6.07) is 3.56. The van der Waals surface area contributed by atoms with Gasteiger partial charge in [0.1, 0.15) is 11.5 Å². The van der Waals surface area contributed by atoms with E-state index in [9.17, 15) is 0 Å². The van der Waals surface area contributed by atoms with Gasteiger partial charge in [-0.05, 0) is 6.42 Å². The molecule has 0 unspecified atom stereocenters. The molecule has 0 fully saturated rings. The van der Waals surface area contributed by atoms with Crippen LogP contribution in [0.4, 0.5) is 5.69 Å². The van der Waals surface area contributed by atoms with Crippen molar-refractivity contribution in [2.45, 2.75) is 19.8 Å². The molecule has 0 saturated carbocycles. The predicted octanol–water partition coefficient (Wildman–Crippen LogP) is 3.59. The molecule has 1 aromatic carbocycles. The van der Waals surface area contributed by atoms with Crippen molar-refractivity contribution in [3.63, 3.8) is 0 Å². The molecule has 5 heteroatoms. The first kappa shape index (κ1) is 15.9. The van der Waals surface area contributed by atoms with Gasteiger partial charge >= 0.3 is 0 Å². The normalized spacial score (nSPS) is 10.3. The van der Waals surface area contributed by atoms with Gasteiger partial charge in [-0.3, -0.25) is 0 Å². The van der Waals surface area contributed by atoms with Crippen LogP contribution >= 0.6 is 11.6 Å². The molecule has 0 aliphatic heterocycles. The minimum atomic E-state index is 0.532. The van der Waals surface area contributed by atoms with Crippen LogP contribution in [0.2, 0.25) is 5.02 Å². The molecular weight excluding hydrogens is 266 g/mol. The Morgan fingerprint density at radius 1 is 1.11 bits per heavy atom. The Morgan fingerprint density at radius 2 is 1.84 bits per heavy atom. The zero-order chi connectivity index (χ0) is 14.1. The molecule has 0 heterocycles. The number of ether oxygens (including phenoxy) is 3. The Hall–Kier alpha value is -1.13. The summed E-state index contributed by atoms with van der Waals surface area (Å²) in [4.78, 5) is 0. The molecule has 0 amide bonds. The van der Waals surface area contributed by atoms with E-state index in [4.69, 9.17) is 25.8 Å². The van der Waals surface area contributed by atoms with Crippen molar-refractivity contribution in [1.82, 2.24) is 0 Å². The van der Waals surface area contributed by atoms with Gasteiger partial charge in [-0.2, -0.15) is 0 Å². The molecule has 0 saturated heterocycles. The fraction of sp³-hybridized carbons (Fsp3) is 0.571. The lowest BCUT2D eigenvalue weighted by atomic mass is 10.2. The van der Waals surface area contributed by atoms with Crippen LogP contribution in [0, 0.1) is 0 Å². The molecule has 0 bridgehead atoms. The molecule has 0 spiro atoms. The maximum Gasteiger partial charge on any atom is 0.143 e. The highest BCUT2D eigenvalue weighted by Crippen LogP contribution is 2.35. The second-order valence-electron chi connectivity index (χ2n) is 4.08. The van der Waals surface area contributed by atoms with Crippen molar-refractivity contribution in [1.29, 1.82) is 0 Å². The number of rotatable bonds is 9. The van der Waals surface area contributed by atoms with Crippen molar-refractivity contribution in [3.05, 3.63) is 17.2 Å². The number of unbranched alkanes of at least 4 members (excludes halogenated alkanes) is 1. The number of hydrogen-bond acceptors (Lipinski definition) is 4. The van der Waals surface area contributed by atoms with E-state index in [0.717, 1.165) is 25.1 Å². The molecule has 19 heavy (non-hydrogen) atoms. The molecule has 1 N–H and O–H groups in total. The molecule has 4 nitrogen and oxygen atoms in total. The predicted molar refractivity (Wildman–Crippen MR) is 78.8 cm³/mol. The monoisotopic (exact) mass is 287 g/mol. The van der Waals surface area contributed by atoms with Crippen LogP contribution in [0.3, 0.4) is 0 Å². The molecule has 0 atom stereocenters. The molecule has 0 aliphatic rings. The van der Waals surface area contributed by atoms with Crippen molar-refractivity contribution >= 4 is 17.3 Å². The Bertz CT molecular complexity index is 385. The minimum Gasteiger partial charge on any atom is -0.495 e. The van der Waals surface area contributed by atoms with E-state index >= 15 is 0 Å². The first-order chi connectivity index (χ1) is 9.22. The summed E-state index contributed by atoms with van der Waals surface area (Å²) in [5.41, 5.74) is 0.850. The zero-order valence-electron chi connectivity index (χ0n) is 11.8. The van der Waals surface area contributed by atoms with Crippen LogP contribution in [0.5, 0.6) is 11.5 Å². The second-order valence-corrected chi connectivity index (χ2v) is 4.49. The fourth-order valence-electron chi connectivity index (χ4n) is 1.60. The van der Waals surface area contributed by atoms with E-state index in [2.05, 4.69) is 12.2 Å². The van der Waals surface area contributed by atoms with Gasteiger partial charge < -0.3 is 19.5 Å². The van der Waals surface area contributed by atoms with Crippen LogP contribution in [0.15, 0.2) is 12.1 Å². The summed E-state index contributed by atoms with van der Waals surface area (Å²) in [6.07, 6.45) is 2.24. The third kappa shape index (κ3) is 5.17. The van der Waals surface area contributed by atoms with E-state index in [1.807, 2.05) is 6.07 Å². The lowest BCUT2D eigenvalue weighted by Gasteiger charge is -2.14. The highest BCUT2D eigenvalue weighted by atomic mass is 35.5. The lowest BCUT2D eigenvalue weighted by Crippen LogP contribution is -2.10. The number of halogens is 1. The molecular formula is C14H22ClNO3. The Labute approximate surface area is 120 Å². The van der Waals surface area contributed by atoms with Gasteiger partial charge in [0, 0.05) is 25.3 Å². The van der Waals surface area contributed by atoms with Gasteiger partial charge in [0.25, 0.3) is 0 Å². The van der Waals surface area contributed by atoms with E-state index in [1.165, 1.54) is 0 Å². The molecule has 0 aliphatic carbocycles. The number of anilines is 1. The molecule has 108 valence electrons. The second kappa shape index (κ2) is 8.88. The number of hydrogen-bond donors (Lipinski definition) is 1. The van der Waals surface area contributed by atoms with Gasteiger partial charge in [0.2, 0.25) is 0 Å². The molecule has 1 aromatic rings. The Morgan fingerprint density at radius 3 is 2.47 bits per heavy atom. The van der Waals surface area contributed by atoms with Gasteiger partial charge in [-0.1, -0.05) is 24.9 Å². The number of methoxy groups -OCH3 is 2. The summed E-state index contributed by atoms with van der Waals surface area (Å²) in [7, 11) is 3.20. The highest BCUT2D eigenvalue weighted by molar-refractivity contribution is 6.32. The maximum absolute atomic E-state index is 6.04. The van der Waals surface area contributed by atoms with Crippen LogP contribution in [-0.4, -0.2) is 34.0 Å². The number of nitrogens with one attached hydrogen (secondary N) is 1. The smallest absolute Gasteiger partial charge is 0.143 e. The first-order valence-corrected chi connectivity index (χ1v) is 6.83. The van der Waals surface area contributed by atoms with E-state index in [1.54, 1.807) is 20.3 Å². The fourth-order valence-corrected chi connectivity index (χ4v) is 1.84. The van der Waals surface area contributed by atoms with Crippen LogP contribution in [0.1, 0.15) is 19.8 Å². The van der Waals surface area contributed by atoms with Crippen molar-refractivity contribution in [2.75, 3.05) is 39.3 Å². The van der Waals surface area contributed by atoms with Gasteiger partial charge in [-0.25, -0.2) is 0 Å². The topological polar surface area (TPSA) is 39.7 Å². The average molecular weight is 288 g/mol. The molecule has 0 radical (unpaired) electrons. The van der Waals surface area contributed by atoms with Crippen LogP contribution in [-0.2, 0) is 4.74 Å². The van der Waals surface area contributed by atoms with Crippen molar-refractivity contribution in [3.8, 4) is 11.5 Å². The summed E-state index contributed by atoms with van der Waals surface area (Å²) >= 11 is 6.04. The minimum absolute atomic E-state index is 0.532. The first-order valence-electron chi connectivity index (χ1n) is 6.46. The Kier molecular flexibility index (Phi) is 7.45. The zero-order valence-corrected chi connectivity index (χ0v) is 12.5. The van der Waals surface area contributed by atoms with Gasteiger partial charge in [-0.15, -0.1) is 0 Å². The Balaban J connectivity index is 2.51. The van der Waals surface area contributed by atoms with E-state index in [0.29, 0.717) is 29.7 Å². The lowest BCUT2D eigenvalue weighted by molar-refractivity contribution is 0.141. The number of benzene rings is 1. The third-order valence-electron chi connectivity index (χ3n) is 2.68. The summed E-state index contributed by atoms with van der Waals surface area (Å²) in [5, 5.41) is 3.79. The summed E-state index contributed by atoms with van der Waals surface area (Å²) < 4.78 is 16.0. The third-order valence-corrected chi connectivity index (χ3v) is 2.97. The van der Waals surface area contributed by atoms with Crippen molar-refractivity contribution in [2.24, 2.45) is 0 Å². The average Bonchev–Trinajstić information content (AvgIpc) is 2.43. The van der Waals surface area contributed by atoms with Gasteiger partial charge in [0.15, 0.2) is 0 Å². The van der Waals surface area contributed by atoms with Crippen molar-refractivity contribution < 1.29 is 14.2 Å². The molecule has 0 aromatic heterocycles. The van der Waals surface area contributed by atoms with Crippen LogP contribution in [0.25, 0.3) is 0 Å². The van der Waals surface area contributed by atoms with E-state index in [-0.39, 0.29) is 0 Å². The quantitative estimate of drug-likeness (QED) is 0.705. The summed E-state index contributed by atoms with van der Waals surface area (Å²) in [5.74, 6) is 1.32. The maximum atomic E-state index is 6.04. The highest BCUT2D eigenvalue weighted by Gasteiger charge is 2.09. The van der Waals surface area contributed by atoms with Crippen LogP contribution < -0.4 is 14.8 Å².